The Kier molecular flexibility index (Phi) is 6.71. The summed E-state index contributed by atoms with van der Waals surface area (Å²) in [7, 11) is 0. The lowest BCUT2D eigenvalue weighted by Crippen LogP contribution is -2.46. The van der Waals surface area contributed by atoms with E-state index >= 15 is 0 Å². The summed E-state index contributed by atoms with van der Waals surface area (Å²) in [5.41, 5.74) is 6.01. The van der Waals surface area contributed by atoms with Gasteiger partial charge in [-0.05, 0) is 6.92 Å². The molecule has 12 nitrogen and oxygen atoms in total. The SMILES string of the molecule is C[C@H](Cc1nccs1)Nc1ncnc2c1N(CCC(N)=O)CN2[C@@H]1O[C@H](CO)C(O)C1O. The third kappa shape index (κ3) is 4.47. The van der Waals surface area contributed by atoms with Gasteiger partial charge in [0.05, 0.1) is 18.3 Å². The maximum Gasteiger partial charge on any atom is 0.219 e. The Balaban J connectivity index is 1.61. The number of primary amides is 1. The molecule has 1 amide bonds. The molecule has 32 heavy (non-hydrogen) atoms. The topological polar surface area (TPSA) is 170 Å². The van der Waals surface area contributed by atoms with Gasteiger partial charge in [-0.15, -0.1) is 11.3 Å². The first-order valence-electron chi connectivity index (χ1n) is 10.3. The van der Waals surface area contributed by atoms with Gasteiger partial charge in [0.2, 0.25) is 5.91 Å². The van der Waals surface area contributed by atoms with Crippen LogP contribution in [0.4, 0.5) is 17.3 Å². The monoisotopic (exact) mass is 465 g/mol. The molecule has 1 saturated heterocycles. The molecular weight excluding hydrogens is 438 g/mol. The van der Waals surface area contributed by atoms with Crippen LogP contribution in [0.2, 0.25) is 0 Å². The van der Waals surface area contributed by atoms with Crippen LogP contribution in [0.15, 0.2) is 17.9 Å². The molecule has 2 aromatic heterocycles. The summed E-state index contributed by atoms with van der Waals surface area (Å²) >= 11 is 1.58. The number of fused-ring (bicyclic) bond motifs is 1. The van der Waals surface area contributed by atoms with Crippen LogP contribution in [0.1, 0.15) is 18.4 Å². The van der Waals surface area contributed by atoms with Crippen molar-refractivity contribution in [2.75, 3.05) is 34.9 Å². The number of carbonyl (C=O) groups is 1. The van der Waals surface area contributed by atoms with Crippen molar-refractivity contribution in [2.45, 2.75) is 50.3 Å². The molecular formula is C19H27N7O5S. The number of amides is 1. The van der Waals surface area contributed by atoms with Crippen LogP contribution in [-0.2, 0) is 16.0 Å². The van der Waals surface area contributed by atoms with Crippen LogP contribution in [0, 0.1) is 0 Å². The van der Waals surface area contributed by atoms with E-state index in [9.17, 15) is 20.1 Å². The number of ether oxygens (including phenoxy) is 1. The predicted molar refractivity (Wildman–Crippen MR) is 117 cm³/mol. The highest BCUT2D eigenvalue weighted by Crippen LogP contribution is 2.42. The second-order valence-corrected chi connectivity index (χ2v) is 8.87. The first-order valence-corrected chi connectivity index (χ1v) is 11.2. The highest BCUT2D eigenvalue weighted by molar-refractivity contribution is 7.09. The predicted octanol–water partition coefficient (Wildman–Crippen LogP) is -1.13. The lowest BCUT2D eigenvalue weighted by Gasteiger charge is -2.28. The second-order valence-electron chi connectivity index (χ2n) is 7.89. The summed E-state index contributed by atoms with van der Waals surface area (Å²) < 4.78 is 5.71. The van der Waals surface area contributed by atoms with Crippen LogP contribution in [0.3, 0.4) is 0 Å². The number of carbonyl (C=O) groups excluding carboxylic acids is 1. The Morgan fingerprint density at radius 3 is 2.84 bits per heavy atom. The van der Waals surface area contributed by atoms with Crippen LogP contribution in [0.5, 0.6) is 0 Å². The first kappa shape index (κ1) is 22.6. The molecule has 0 spiro atoms. The van der Waals surface area contributed by atoms with Crippen molar-refractivity contribution in [3.05, 3.63) is 22.9 Å². The van der Waals surface area contributed by atoms with Gasteiger partial charge in [-0.1, -0.05) is 0 Å². The minimum absolute atomic E-state index is 0.0149. The standard InChI is InChI=1S/C19H27N7O5S/c1-10(6-13-21-3-5-32-13)24-17-14-18(23-8-22-17)26(9-25(14)4-2-12(20)28)19-16(30)15(29)11(7-27)31-19/h3,5,8,10-11,15-16,19,27,29-30H,2,4,6-7,9H2,1H3,(H2,20,28)(H,22,23,24)/t10-,11-,15?,16?,19-/m1/s1. The van der Waals surface area contributed by atoms with Gasteiger partial charge >= 0.3 is 0 Å². The number of aliphatic hydroxyl groups excluding tert-OH is 3. The van der Waals surface area contributed by atoms with E-state index in [0.29, 0.717) is 30.3 Å². The molecule has 4 rings (SSSR count). The Labute approximate surface area is 188 Å². The van der Waals surface area contributed by atoms with E-state index in [0.717, 1.165) is 5.01 Å². The number of aliphatic hydroxyl groups is 3. The summed E-state index contributed by atoms with van der Waals surface area (Å²) in [6, 6.07) is 0.0149. The smallest absolute Gasteiger partial charge is 0.219 e. The summed E-state index contributed by atoms with van der Waals surface area (Å²) in [5.74, 6) is 0.613. The molecule has 0 aromatic carbocycles. The Morgan fingerprint density at radius 1 is 1.38 bits per heavy atom. The summed E-state index contributed by atoms with van der Waals surface area (Å²) in [5, 5.41) is 36.5. The fourth-order valence-electron chi connectivity index (χ4n) is 3.96. The quantitative estimate of drug-likeness (QED) is 0.304. The van der Waals surface area contributed by atoms with Crippen molar-refractivity contribution >= 4 is 34.6 Å². The van der Waals surface area contributed by atoms with Crippen LogP contribution < -0.4 is 20.9 Å². The molecule has 2 aliphatic rings. The Bertz CT molecular complexity index is 933. The minimum Gasteiger partial charge on any atom is -0.394 e. The molecule has 2 aromatic rings. The third-order valence-corrected chi connectivity index (χ3v) is 6.32. The summed E-state index contributed by atoms with van der Waals surface area (Å²) in [6.07, 6.45) is -0.312. The molecule has 0 saturated carbocycles. The van der Waals surface area contributed by atoms with Gasteiger partial charge in [0.1, 0.15) is 30.3 Å². The zero-order chi connectivity index (χ0) is 22.8. The van der Waals surface area contributed by atoms with Crippen LogP contribution in [0.25, 0.3) is 0 Å². The largest absolute Gasteiger partial charge is 0.394 e. The van der Waals surface area contributed by atoms with Gasteiger partial charge < -0.3 is 40.9 Å². The van der Waals surface area contributed by atoms with E-state index in [1.807, 2.05) is 17.2 Å². The van der Waals surface area contributed by atoms with E-state index in [4.69, 9.17) is 10.5 Å². The molecule has 6 N–H and O–H groups in total. The molecule has 0 radical (unpaired) electrons. The molecule has 13 heteroatoms. The molecule has 5 atom stereocenters. The van der Waals surface area contributed by atoms with Crippen molar-refractivity contribution in [1.29, 1.82) is 0 Å². The number of nitrogens with two attached hydrogens (primary N) is 1. The van der Waals surface area contributed by atoms with E-state index in [-0.39, 0.29) is 19.1 Å². The van der Waals surface area contributed by atoms with Crippen molar-refractivity contribution < 1.29 is 24.9 Å². The minimum atomic E-state index is -1.24. The van der Waals surface area contributed by atoms with Crippen molar-refractivity contribution in [3.8, 4) is 0 Å². The molecule has 174 valence electrons. The Hall–Kier alpha value is -2.58. The van der Waals surface area contributed by atoms with E-state index in [1.165, 1.54) is 6.33 Å². The lowest BCUT2D eigenvalue weighted by atomic mass is 10.1. The number of thiazole rings is 1. The summed E-state index contributed by atoms with van der Waals surface area (Å²) in [6.45, 7) is 2.15. The van der Waals surface area contributed by atoms with Gasteiger partial charge in [0, 0.05) is 37.0 Å². The van der Waals surface area contributed by atoms with Gasteiger partial charge in [0.15, 0.2) is 17.9 Å². The van der Waals surface area contributed by atoms with Gasteiger partial charge in [0.25, 0.3) is 0 Å². The first-order chi connectivity index (χ1) is 15.4. The molecule has 0 bridgehead atoms. The molecule has 2 unspecified atom stereocenters. The maximum atomic E-state index is 11.4. The van der Waals surface area contributed by atoms with Crippen LogP contribution >= 0.6 is 11.3 Å². The van der Waals surface area contributed by atoms with E-state index in [1.54, 1.807) is 22.4 Å². The van der Waals surface area contributed by atoms with Crippen molar-refractivity contribution in [3.63, 3.8) is 0 Å². The zero-order valence-electron chi connectivity index (χ0n) is 17.5. The van der Waals surface area contributed by atoms with Gasteiger partial charge in [-0.3, -0.25) is 4.79 Å². The highest BCUT2D eigenvalue weighted by Gasteiger charge is 2.48. The average molecular weight is 466 g/mol. The fourth-order valence-corrected chi connectivity index (χ4v) is 4.71. The van der Waals surface area contributed by atoms with Gasteiger partial charge in [-0.25, -0.2) is 15.0 Å². The number of hydrogen-bond donors (Lipinski definition) is 5. The number of nitrogens with one attached hydrogen (secondary N) is 1. The van der Waals surface area contributed by atoms with Crippen LogP contribution in [-0.4, -0.2) is 86.6 Å². The highest BCUT2D eigenvalue weighted by atomic mass is 32.1. The lowest BCUT2D eigenvalue weighted by molar-refractivity contribution is -0.117. The fraction of sp³-hybridized carbons (Fsp3) is 0.579. The summed E-state index contributed by atoms with van der Waals surface area (Å²) in [4.78, 5) is 28.1. The molecule has 1 fully saturated rings. The Morgan fingerprint density at radius 2 is 2.19 bits per heavy atom. The molecule has 2 aliphatic heterocycles. The normalized spacial score (nSPS) is 25.8. The number of nitrogens with zero attached hydrogens (tertiary/aromatic N) is 5. The van der Waals surface area contributed by atoms with Gasteiger partial charge in [-0.2, -0.15) is 0 Å². The second kappa shape index (κ2) is 9.50. The molecule has 0 aliphatic carbocycles. The zero-order valence-corrected chi connectivity index (χ0v) is 18.4. The maximum absolute atomic E-state index is 11.4. The third-order valence-electron chi connectivity index (χ3n) is 5.51. The number of anilines is 3. The van der Waals surface area contributed by atoms with E-state index < -0.39 is 37.1 Å². The van der Waals surface area contributed by atoms with Crippen molar-refractivity contribution in [2.24, 2.45) is 5.73 Å². The molecule has 4 heterocycles. The van der Waals surface area contributed by atoms with Crippen molar-refractivity contribution in [1.82, 2.24) is 15.0 Å². The van der Waals surface area contributed by atoms with E-state index in [2.05, 4.69) is 20.3 Å². The average Bonchev–Trinajstić information content (AvgIpc) is 3.46. The number of aromatic nitrogens is 3. The number of hydrogen-bond acceptors (Lipinski definition) is 12. The number of rotatable bonds is 9.